The quantitative estimate of drug-likeness (QED) is 0.394. The number of halogens is 3. The number of hydrogen-bond acceptors (Lipinski definition) is 4. The van der Waals surface area contributed by atoms with E-state index in [1.807, 2.05) is 12.1 Å². The van der Waals surface area contributed by atoms with E-state index in [1.165, 1.54) is 6.07 Å². The minimum atomic E-state index is -1.08. The Morgan fingerprint density at radius 1 is 0.967 bits per heavy atom. The Kier molecular flexibility index (Phi) is 7.32. The molecule has 0 bridgehead atoms. The molecule has 0 unspecified atom stereocenters. The van der Waals surface area contributed by atoms with Crippen molar-refractivity contribution in [2.75, 3.05) is 12.4 Å². The number of benzene rings is 3. The van der Waals surface area contributed by atoms with Gasteiger partial charge in [-0.3, -0.25) is 0 Å². The Hall–Kier alpha value is -2.60. The molecule has 0 aliphatic rings. The molecule has 0 fully saturated rings. The van der Waals surface area contributed by atoms with Gasteiger partial charge >= 0.3 is 5.97 Å². The molecule has 3 rings (SSSR count). The maximum absolute atomic E-state index is 11.2. The lowest BCUT2D eigenvalue weighted by molar-refractivity contribution is 0.0697. The van der Waals surface area contributed by atoms with Crippen molar-refractivity contribution in [3.05, 3.63) is 86.4 Å². The topological polar surface area (TPSA) is 67.8 Å². The second kappa shape index (κ2) is 9.94. The number of hydrogen-bond donors (Lipinski definition) is 2. The lowest BCUT2D eigenvalue weighted by atomic mass is 10.1. The Labute approximate surface area is 189 Å². The number of ether oxygens (including phenoxy) is 2. The summed E-state index contributed by atoms with van der Waals surface area (Å²) < 4.78 is 11.3. The summed E-state index contributed by atoms with van der Waals surface area (Å²) in [6, 6.07) is 15.6. The molecule has 5 nitrogen and oxygen atoms in total. The first-order valence-electron chi connectivity index (χ1n) is 8.88. The molecule has 0 aliphatic carbocycles. The predicted molar refractivity (Wildman–Crippen MR) is 120 cm³/mol. The number of rotatable bonds is 8. The van der Waals surface area contributed by atoms with E-state index in [-0.39, 0.29) is 17.2 Å². The Morgan fingerprint density at radius 2 is 1.70 bits per heavy atom. The normalized spacial score (nSPS) is 10.5. The summed E-state index contributed by atoms with van der Waals surface area (Å²) in [6.45, 7) is 0.656. The van der Waals surface area contributed by atoms with Crippen LogP contribution in [0.1, 0.15) is 21.5 Å². The van der Waals surface area contributed by atoms with E-state index in [1.54, 1.807) is 43.5 Å². The predicted octanol–water partition coefficient (Wildman–Crippen LogP) is 6.54. The van der Waals surface area contributed by atoms with E-state index < -0.39 is 5.97 Å². The largest absolute Gasteiger partial charge is 0.493 e. The highest BCUT2D eigenvalue weighted by molar-refractivity contribution is 6.36. The first-order chi connectivity index (χ1) is 14.4. The molecule has 156 valence electrons. The SMILES string of the molecule is COc1cc(CNc2ccc(Cl)c(C(=O)O)c2)ccc1OCc1c(Cl)cccc1Cl. The number of methoxy groups -OCH3 is 1. The minimum Gasteiger partial charge on any atom is -0.493 e. The van der Waals surface area contributed by atoms with Gasteiger partial charge in [0.2, 0.25) is 0 Å². The lowest BCUT2D eigenvalue weighted by Gasteiger charge is -2.14. The van der Waals surface area contributed by atoms with Crippen LogP contribution in [0.15, 0.2) is 54.6 Å². The molecule has 3 aromatic carbocycles. The maximum atomic E-state index is 11.2. The fraction of sp³-hybridized carbons (Fsp3) is 0.136. The van der Waals surface area contributed by atoms with Crippen molar-refractivity contribution < 1.29 is 19.4 Å². The van der Waals surface area contributed by atoms with Gasteiger partial charge in [-0.05, 0) is 48.0 Å². The van der Waals surface area contributed by atoms with Crippen LogP contribution in [0.3, 0.4) is 0 Å². The highest BCUT2D eigenvalue weighted by Gasteiger charge is 2.11. The van der Waals surface area contributed by atoms with E-state index in [9.17, 15) is 9.90 Å². The van der Waals surface area contributed by atoms with Gasteiger partial charge in [0, 0.05) is 27.8 Å². The third-order valence-electron chi connectivity index (χ3n) is 4.36. The van der Waals surface area contributed by atoms with Gasteiger partial charge in [0.15, 0.2) is 11.5 Å². The van der Waals surface area contributed by atoms with Crippen LogP contribution in [-0.4, -0.2) is 18.2 Å². The van der Waals surface area contributed by atoms with Gasteiger partial charge in [-0.1, -0.05) is 46.9 Å². The van der Waals surface area contributed by atoms with Crippen LogP contribution in [0.4, 0.5) is 5.69 Å². The molecule has 8 heteroatoms. The number of nitrogens with one attached hydrogen (secondary N) is 1. The van der Waals surface area contributed by atoms with Crippen molar-refractivity contribution in [3.8, 4) is 11.5 Å². The summed E-state index contributed by atoms with van der Waals surface area (Å²) in [5.74, 6) is 0.0298. The summed E-state index contributed by atoms with van der Waals surface area (Å²) in [7, 11) is 1.56. The van der Waals surface area contributed by atoms with Gasteiger partial charge in [0.1, 0.15) is 6.61 Å². The second-order valence-electron chi connectivity index (χ2n) is 6.33. The Bertz CT molecular complexity index is 1050. The third kappa shape index (κ3) is 5.30. The van der Waals surface area contributed by atoms with E-state index >= 15 is 0 Å². The summed E-state index contributed by atoms with van der Waals surface area (Å²) in [6.07, 6.45) is 0. The molecule has 30 heavy (non-hydrogen) atoms. The van der Waals surface area contributed by atoms with Crippen molar-refractivity contribution >= 4 is 46.5 Å². The van der Waals surface area contributed by atoms with Crippen molar-refractivity contribution in [3.63, 3.8) is 0 Å². The summed E-state index contributed by atoms with van der Waals surface area (Å²) >= 11 is 18.3. The van der Waals surface area contributed by atoms with Gasteiger partial charge < -0.3 is 19.9 Å². The zero-order valence-electron chi connectivity index (χ0n) is 15.9. The van der Waals surface area contributed by atoms with Gasteiger partial charge in [0.05, 0.1) is 17.7 Å². The van der Waals surface area contributed by atoms with Crippen LogP contribution in [0.25, 0.3) is 0 Å². The molecule has 0 heterocycles. The van der Waals surface area contributed by atoms with E-state index in [0.717, 1.165) is 5.56 Å². The van der Waals surface area contributed by atoms with Gasteiger partial charge in [0.25, 0.3) is 0 Å². The molecule has 0 atom stereocenters. The summed E-state index contributed by atoms with van der Waals surface area (Å²) in [5, 5.41) is 13.6. The molecule has 0 aromatic heterocycles. The van der Waals surface area contributed by atoms with Gasteiger partial charge in [-0.25, -0.2) is 4.79 Å². The van der Waals surface area contributed by atoms with Crippen molar-refractivity contribution in [1.29, 1.82) is 0 Å². The first-order valence-corrected chi connectivity index (χ1v) is 10.0. The third-order valence-corrected chi connectivity index (χ3v) is 5.39. The first kappa shape index (κ1) is 22.1. The zero-order chi connectivity index (χ0) is 21.7. The number of carboxylic acids is 1. The van der Waals surface area contributed by atoms with E-state index in [4.69, 9.17) is 44.3 Å². The summed E-state index contributed by atoms with van der Waals surface area (Å²) in [4.78, 5) is 11.2. The molecule has 0 radical (unpaired) electrons. The molecular weight excluding hydrogens is 449 g/mol. The number of carbonyl (C=O) groups is 1. The Morgan fingerprint density at radius 3 is 2.37 bits per heavy atom. The average Bonchev–Trinajstić information content (AvgIpc) is 2.73. The van der Waals surface area contributed by atoms with Crippen molar-refractivity contribution in [1.82, 2.24) is 0 Å². The zero-order valence-corrected chi connectivity index (χ0v) is 18.2. The number of anilines is 1. The number of carboxylic acid groups (broad SMARTS) is 1. The minimum absolute atomic E-state index is 0.0428. The molecule has 2 N–H and O–H groups in total. The van der Waals surface area contributed by atoms with Crippen molar-refractivity contribution in [2.45, 2.75) is 13.2 Å². The smallest absolute Gasteiger partial charge is 0.337 e. The second-order valence-corrected chi connectivity index (χ2v) is 7.55. The highest BCUT2D eigenvalue weighted by Crippen LogP contribution is 2.31. The van der Waals surface area contributed by atoms with Crippen LogP contribution in [0.5, 0.6) is 11.5 Å². The fourth-order valence-electron chi connectivity index (χ4n) is 2.76. The van der Waals surface area contributed by atoms with Crippen LogP contribution in [0, 0.1) is 0 Å². The Balaban J connectivity index is 1.70. The number of aromatic carboxylic acids is 1. The van der Waals surface area contributed by atoms with Gasteiger partial charge in [-0.15, -0.1) is 0 Å². The van der Waals surface area contributed by atoms with Crippen molar-refractivity contribution in [2.24, 2.45) is 0 Å². The fourth-order valence-corrected chi connectivity index (χ4v) is 3.47. The average molecular weight is 467 g/mol. The highest BCUT2D eigenvalue weighted by atomic mass is 35.5. The molecule has 0 amide bonds. The lowest BCUT2D eigenvalue weighted by Crippen LogP contribution is -2.04. The molecular formula is C22H18Cl3NO4. The monoisotopic (exact) mass is 465 g/mol. The van der Waals surface area contributed by atoms with E-state index in [0.29, 0.717) is 39.3 Å². The van der Waals surface area contributed by atoms with Crippen LogP contribution in [-0.2, 0) is 13.2 Å². The van der Waals surface area contributed by atoms with Crippen LogP contribution in [0.2, 0.25) is 15.1 Å². The molecule has 3 aromatic rings. The van der Waals surface area contributed by atoms with Crippen LogP contribution < -0.4 is 14.8 Å². The molecule has 0 saturated carbocycles. The van der Waals surface area contributed by atoms with Crippen LogP contribution >= 0.6 is 34.8 Å². The maximum Gasteiger partial charge on any atom is 0.337 e. The molecule has 0 saturated heterocycles. The molecule has 0 spiro atoms. The van der Waals surface area contributed by atoms with E-state index in [2.05, 4.69) is 5.32 Å². The molecule has 0 aliphatic heterocycles. The van der Waals surface area contributed by atoms with Gasteiger partial charge in [-0.2, -0.15) is 0 Å². The standard InChI is InChI=1S/C22H18Cl3NO4/c1-29-21-9-13(11-26-14-6-7-19(25)15(10-14)22(27)28)5-8-20(21)30-12-16-17(23)3-2-4-18(16)24/h2-10,26H,11-12H2,1H3,(H,27,28). The summed E-state index contributed by atoms with van der Waals surface area (Å²) in [5.41, 5.74) is 2.30.